The lowest BCUT2D eigenvalue weighted by molar-refractivity contribution is 0.243. The van der Waals surface area contributed by atoms with Crippen LogP contribution in [-0.4, -0.2) is 47.8 Å². The van der Waals surface area contributed by atoms with Crippen LogP contribution in [0.15, 0.2) is 36.4 Å². The molecule has 1 saturated heterocycles. The number of rotatable bonds is 4. The second-order valence-electron chi connectivity index (χ2n) is 4.99. The number of H-pyrrole nitrogens is 1. The highest BCUT2D eigenvalue weighted by molar-refractivity contribution is 5.58. The van der Waals surface area contributed by atoms with Crippen molar-refractivity contribution in [3.05, 3.63) is 42.1 Å². The van der Waals surface area contributed by atoms with Crippen molar-refractivity contribution in [2.45, 2.75) is 6.42 Å². The molecular weight excluding hydrogens is 236 g/mol. The van der Waals surface area contributed by atoms with Crippen molar-refractivity contribution in [3.63, 3.8) is 0 Å². The van der Waals surface area contributed by atoms with Gasteiger partial charge in [0, 0.05) is 50.4 Å². The molecule has 0 bridgehead atoms. The van der Waals surface area contributed by atoms with E-state index in [1.807, 2.05) is 18.2 Å². The minimum atomic E-state index is 1.04. The fourth-order valence-corrected chi connectivity index (χ4v) is 2.46. The largest absolute Gasteiger partial charge is 0.314 e. The molecule has 0 amide bonds. The van der Waals surface area contributed by atoms with Crippen LogP contribution in [0.1, 0.15) is 5.69 Å². The SMILES string of the molecule is c1ccc(-c2cc(CCN3CCNCC3)[nH]n2)cc1. The summed E-state index contributed by atoms with van der Waals surface area (Å²) in [5.41, 5.74) is 3.43. The molecule has 2 aromatic rings. The van der Waals surface area contributed by atoms with Crippen molar-refractivity contribution in [2.24, 2.45) is 0 Å². The van der Waals surface area contributed by atoms with Crippen molar-refractivity contribution >= 4 is 0 Å². The molecule has 4 heteroatoms. The van der Waals surface area contributed by atoms with E-state index < -0.39 is 0 Å². The zero-order valence-electron chi connectivity index (χ0n) is 11.1. The molecule has 100 valence electrons. The van der Waals surface area contributed by atoms with Crippen LogP contribution in [0.3, 0.4) is 0 Å². The summed E-state index contributed by atoms with van der Waals surface area (Å²) in [6.45, 7) is 5.63. The molecule has 1 aromatic carbocycles. The first kappa shape index (κ1) is 12.4. The number of nitrogens with zero attached hydrogens (tertiary/aromatic N) is 2. The highest BCUT2D eigenvalue weighted by Crippen LogP contribution is 2.17. The maximum absolute atomic E-state index is 4.39. The Labute approximate surface area is 113 Å². The van der Waals surface area contributed by atoms with E-state index in [1.54, 1.807) is 0 Å². The molecule has 4 nitrogen and oxygen atoms in total. The molecule has 1 fully saturated rings. The van der Waals surface area contributed by atoms with E-state index >= 15 is 0 Å². The van der Waals surface area contributed by atoms with Gasteiger partial charge in [0.1, 0.15) is 0 Å². The van der Waals surface area contributed by atoms with Crippen molar-refractivity contribution in [1.82, 2.24) is 20.4 Å². The first-order chi connectivity index (χ1) is 9.42. The number of hydrogen-bond acceptors (Lipinski definition) is 3. The summed E-state index contributed by atoms with van der Waals surface area (Å²) >= 11 is 0. The summed E-state index contributed by atoms with van der Waals surface area (Å²) in [7, 11) is 0. The molecule has 1 aliphatic rings. The van der Waals surface area contributed by atoms with Crippen LogP contribution < -0.4 is 5.32 Å². The van der Waals surface area contributed by atoms with Crippen LogP contribution in [0.25, 0.3) is 11.3 Å². The Hall–Kier alpha value is -1.65. The quantitative estimate of drug-likeness (QED) is 0.872. The number of benzene rings is 1. The van der Waals surface area contributed by atoms with E-state index in [0.29, 0.717) is 0 Å². The van der Waals surface area contributed by atoms with E-state index in [4.69, 9.17) is 0 Å². The van der Waals surface area contributed by atoms with E-state index in [0.717, 1.165) is 44.8 Å². The molecule has 2 heterocycles. The first-order valence-corrected chi connectivity index (χ1v) is 6.94. The Kier molecular flexibility index (Phi) is 3.91. The summed E-state index contributed by atoms with van der Waals surface area (Å²) in [5.74, 6) is 0. The fraction of sp³-hybridized carbons (Fsp3) is 0.400. The van der Waals surface area contributed by atoms with E-state index in [-0.39, 0.29) is 0 Å². The van der Waals surface area contributed by atoms with Crippen LogP contribution in [0.5, 0.6) is 0 Å². The van der Waals surface area contributed by atoms with E-state index in [9.17, 15) is 0 Å². The minimum absolute atomic E-state index is 1.04. The zero-order chi connectivity index (χ0) is 12.9. The van der Waals surface area contributed by atoms with Gasteiger partial charge in [0.25, 0.3) is 0 Å². The second kappa shape index (κ2) is 5.99. The average Bonchev–Trinajstić information content (AvgIpc) is 2.96. The van der Waals surface area contributed by atoms with Gasteiger partial charge in [0.2, 0.25) is 0 Å². The lowest BCUT2D eigenvalue weighted by atomic mass is 10.1. The number of aromatic nitrogens is 2. The molecule has 0 spiro atoms. The highest BCUT2D eigenvalue weighted by atomic mass is 15.2. The van der Waals surface area contributed by atoms with Gasteiger partial charge in [0.05, 0.1) is 5.69 Å². The number of piperazine rings is 1. The van der Waals surface area contributed by atoms with Crippen molar-refractivity contribution in [2.75, 3.05) is 32.7 Å². The summed E-state index contributed by atoms with van der Waals surface area (Å²) in [5, 5.41) is 10.9. The molecule has 2 N–H and O–H groups in total. The maximum Gasteiger partial charge on any atom is 0.0923 e. The number of aromatic amines is 1. The van der Waals surface area contributed by atoms with E-state index in [2.05, 4.69) is 38.6 Å². The number of nitrogens with one attached hydrogen (secondary N) is 2. The topological polar surface area (TPSA) is 44.0 Å². The molecule has 3 rings (SSSR count). The van der Waals surface area contributed by atoms with Gasteiger partial charge in [-0.25, -0.2) is 0 Å². The molecule has 0 radical (unpaired) electrons. The number of hydrogen-bond donors (Lipinski definition) is 2. The standard InChI is InChI=1S/C15H20N4/c1-2-4-13(5-3-1)15-12-14(17-18-15)6-9-19-10-7-16-8-11-19/h1-5,12,16H,6-11H2,(H,17,18). The highest BCUT2D eigenvalue weighted by Gasteiger charge is 2.10. The molecule has 0 saturated carbocycles. The van der Waals surface area contributed by atoms with Crippen molar-refractivity contribution in [1.29, 1.82) is 0 Å². The molecular formula is C15H20N4. The van der Waals surface area contributed by atoms with Gasteiger partial charge in [-0.2, -0.15) is 5.10 Å². The summed E-state index contributed by atoms with van der Waals surface area (Å²) < 4.78 is 0. The van der Waals surface area contributed by atoms with Crippen molar-refractivity contribution in [3.8, 4) is 11.3 Å². The molecule has 0 atom stereocenters. The second-order valence-corrected chi connectivity index (χ2v) is 4.99. The first-order valence-electron chi connectivity index (χ1n) is 6.94. The monoisotopic (exact) mass is 256 g/mol. The van der Waals surface area contributed by atoms with E-state index in [1.165, 1.54) is 11.3 Å². The van der Waals surface area contributed by atoms with Crippen LogP contribution >= 0.6 is 0 Å². The van der Waals surface area contributed by atoms with Crippen LogP contribution in [0, 0.1) is 0 Å². The Morgan fingerprint density at radius 3 is 2.68 bits per heavy atom. The van der Waals surface area contributed by atoms with Gasteiger partial charge in [-0.05, 0) is 6.07 Å². The van der Waals surface area contributed by atoms with Crippen LogP contribution in [0.2, 0.25) is 0 Å². The Morgan fingerprint density at radius 1 is 1.11 bits per heavy atom. The predicted molar refractivity (Wildman–Crippen MR) is 77.0 cm³/mol. The van der Waals surface area contributed by atoms with Gasteiger partial charge >= 0.3 is 0 Å². The molecule has 1 aliphatic heterocycles. The van der Waals surface area contributed by atoms with Gasteiger partial charge in [-0.3, -0.25) is 5.10 Å². The van der Waals surface area contributed by atoms with Gasteiger partial charge in [0.15, 0.2) is 0 Å². The fourth-order valence-electron chi connectivity index (χ4n) is 2.46. The Bertz CT molecular complexity index is 500. The van der Waals surface area contributed by atoms with Crippen molar-refractivity contribution < 1.29 is 0 Å². The predicted octanol–water partition coefficient (Wildman–Crippen LogP) is 1.52. The Balaban J connectivity index is 1.59. The van der Waals surface area contributed by atoms with Gasteiger partial charge in [-0.1, -0.05) is 30.3 Å². The third-order valence-electron chi connectivity index (χ3n) is 3.61. The third-order valence-corrected chi connectivity index (χ3v) is 3.61. The average molecular weight is 256 g/mol. The smallest absolute Gasteiger partial charge is 0.0923 e. The van der Waals surface area contributed by atoms with Crippen LogP contribution in [0.4, 0.5) is 0 Å². The third kappa shape index (κ3) is 3.22. The Morgan fingerprint density at radius 2 is 1.89 bits per heavy atom. The zero-order valence-corrected chi connectivity index (χ0v) is 11.1. The molecule has 0 aliphatic carbocycles. The molecule has 1 aromatic heterocycles. The lowest BCUT2D eigenvalue weighted by Crippen LogP contribution is -2.44. The summed E-state index contributed by atoms with van der Waals surface area (Å²) in [6, 6.07) is 12.5. The lowest BCUT2D eigenvalue weighted by Gasteiger charge is -2.26. The summed E-state index contributed by atoms with van der Waals surface area (Å²) in [4.78, 5) is 2.50. The van der Waals surface area contributed by atoms with Gasteiger partial charge in [-0.15, -0.1) is 0 Å². The maximum atomic E-state index is 4.39. The van der Waals surface area contributed by atoms with Crippen LogP contribution in [-0.2, 0) is 6.42 Å². The van der Waals surface area contributed by atoms with Gasteiger partial charge < -0.3 is 10.2 Å². The molecule has 0 unspecified atom stereocenters. The normalized spacial score (nSPS) is 16.6. The molecule has 19 heavy (non-hydrogen) atoms. The summed E-state index contributed by atoms with van der Waals surface area (Å²) in [6.07, 6.45) is 1.04. The minimum Gasteiger partial charge on any atom is -0.314 e.